The Balaban J connectivity index is 2.01. The van der Waals surface area contributed by atoms with Crippen LogP contribution in [0.1, 0.15) is 76.0 Å². The van der Waals surface area contributed by atoms with Crippen LogP contribution in [-0.4, -0.2) is 28.4 Å². The van der Waals surface area contributed by atoms with Gasteiger partial charge >= 0.3 is 6.09 Å². The molecule has 1 aliphatic rings. The van der Waals surface area contributed by atoms with Gasteiger partial charge in [-0.05, 0) is 43.7 Å². The highest BCUT2D eigenvalue weighted by Crippen LogP contribution is 2.51. The van der Waals surface area contributed by atoms with Gasteiger partial charge in [0.15, 0.2) is 0 Å². The Morgan fingerprint density at radius 2 is 1.59 bits per heavy atom. The molecule has 3 rings (SSSR count). The zero-order valence-corrected chi connectivity index (χ0v) is 20.2. The monoisotopic (exact) mass is 464 g/mol. The highest BCUT2D eigenvalue weighted by atomic mass is 16.4. The van der Waals surface area contributed by atoms with E-state index < -0.39 is 28.7 Å². The number of Topliss-reactive ketones (excluding diaryl/α,β-unsaturated/α-hetero) is 1. The van der Waals surface area contributed by atoms with Crippen LogP contribution in [0.3, 0.4) is 0 Å². The average molecular weight is 465 g/mol. The number of rotatable bonds is 11. The summed E-state index contributed by atoms with van der Waals surface area (Å²) in [6.45, 7) is 3.83. The van der Waals surface area contributed by atoms with Crippen molar-refractivity contribution in [1.82, 2.24) is 10.6 Å². The van der Waals surface area contributed by atoms with Crippen LogP contribution in [0.5, 0.6) is 0 Å². The van der Waals surface area contributed by atoms with Gasteiger partial charge in [-0.2, -0.15) is 0 Å². The lowest BCUT2D eigenvalue weighted by Gasteiger charge is -2.47. The first kappa shape index (κ1) is 25.5. The smallest absolute Gasteiger partial charge is 0.405 e. The molecular formula is C28H36N2O4. The molecule has 1 aliphatic carbocycles. The van der Waals surface area contributed by atoms with Gasteiger partial charge in [0.1, 0.15) is 5.54 Å². The van der Waals surface area contributed by atoms with Gasteiger partial charge < -0.3 is 15.7 Å². The minimum absolute atomic E-state index is 0.300. The predicted octanol–water partition coefficient (Wildman–Crippen LogP) is 5.43. The number of hydrogen-bond donors (Lipinski definition) is 3. The zero-order chi connectivity index (χ0) is 24.6. The third-order valence-corrected chi connectivity index (χ3v) is 7.32. The standard InChI is InChI=1S/C28H36N2O4/c1-3-4-19-28(30-26(33)34,24(31)25(32)29-21(2)23-15-9-6-10-16-23)27(17-11-12-18-27)20-22-13-7-5-8-14-22/h5-10,13-16,21,30H,3-4,11-12,17-20H2,1-2H3,(H,29,32)(H,33,34)/t21-,28?/m1/s1. The van der Waals surface area contributed by atoms with Gasteiger partial charge in [-0.3, -0.25) is 9.59 Å². The van der Waals surface area contributed by atoms with E-state index in [-0.39, 0.29) is 6.04 Å². The summed E-state index contributed by atoms with van der Waals surface area (Å²) in [5.41, 5.74) is -0.217. The second-order valence-corrected chi connectivity index (χ2v) is 9.52. The van der Waals surface area contributed by atoms with Crippen molar-refractivity contribution < 1.29 is 19.5 Å². The van der Waals surface area contributed by atoms with Crippen LogP contribution < -0.4 is 10.6 Å². The van der Waals surface area contributed by atoms with Gasteiger partial charge in [0, 0.05) is 5.41 Å². The number of amides is 2. The summed E-state index contributed by atoms with van der Waals surface area (Å²) in [6, 6.07) is 18.9. The first-order valence-corrected chi connectivity index (χ1v) is 12.3. The van der Waals surface area contributed by atoms with Crippen molar-refractivity contribution in [2.75, 3.05) is 0 Å². The number of unbranched alkanes of at least 4 members (excludes halogenated alkanes) is 1. The van der Waals surface area contributed by atoms with Crippen LogP contribution in [0, 0.1) is 5.41 Å². The van der Waals surface area contributed by atoms with Crippen LogP contribution in [0.2, 0.25) is 0 Å². The normalized spacial score (nSPS) is 17.4. The molecule has 1 fully saturated rings. The molecule has 0 saturated heterocycles. The molecular weight excluding hydrogens is 428 g/mol. The summed E-state index contributed by atoms with van der Waals surface area (Å²) in [7, 11) is 0. The fourth-order valence-corrected chi connectivity index (χ4v) is 5.57. The molecule has 0 radical (unpaired) electrons. The number of ketones is 1. The molecule has 0 spiro atoms. The molecule has 6 nitrogen and oxygen atoms in total. The highest BCUT2D eigenvalue weighted by molar-refractivity contribution is 6.40. The molecule has 182 valence electrons. The maximum absolute atomic E-state index is 14.0. The molecule has 1 unspecified atom stereocenters. The minimum atomic E-state index is -1.48. The number of benzene rings is 2. The quantitative estimate of drug-likeness (QED) is 0.386. The Morgan fingerprint density at radius 1 is 1.00 bits per heavy atom. The van der Waals surface area contributed by atoms with Crippen molar-refractivity contribution in [3.63, 3.8) is 0 Å². The first-order valence-electron chi connectivity index (χ1n) is 12.3. The van der Waals surface area contributed by atoms with Crippen LogP contribution in [-0.2, 0) is 16.0 Å². The molecule has 2 aromatic rings. The molecule has 2 aromatic carbocycles. The second kappa shape index (κ2) is 11.3. The Morgan fingerprint density at radius 3 is 2.15 bits per heavy atom. The molecule has 2 atom stereocenters. The molecule has 0 bridgehead atoms. The van der Waals surface area contributed by atoms with E-state index in [1.54, 1.807) is 0 Å². The summed E-state index contributed by atoms with van der Waals surface area (Å²) in [5, 5.41) is 15.4. The molecule has 3 N–H and O–H groups in total. The van der Waals surface area contributed by atoms with Crippen molar-refractivity contribution in [2.24, 2.45) is 5.41 Å². The Labute approximate surface area is 202 Å². The van der Waals surface area contributed by atoms with E-state index >= 15 is 0 Å². The lowest BCUT2D eigenvalue weighted by molar-refractivity contribution is -0.146. The van der Waals surface area contributed by atoms with Crippen molar-refractivity contribution in [2.45, 2.75) is 76.8 Å². The summed E-state index contributed by atoms with van der Waals surface area (Å²) in [6.07, 6.45) is 4.20. The summed E-state index contributed by atoms with van der Waals surface area (Å²) >= 11 is 0. The van der Waals surface area contributed by atoms with Crippen LogP contribution in [0.4, 0.5) is 4.79 Å². The summed E-state index contributed by atoms with van der Waals surface area (Å²) < 4.78 is 0. The zero-order valence-electron chi connectivity index (χ0n) is 20.2. The number of hydrogen-bond acceptors (Lipinski definition) is 3. The molecule has 0 heterocycles. The van der Waals surface area contributed by atoms with E-state index in [0.717, 1.165) is 30.4 Å². The van der Waals surface area contributed by atoms with Crippen LogP contribution in [0.25, 0.3) is 0 Å². The third kappa shape index (κ3) is 5.49. The highest BCUT2D eigenvalue weighted by Gasteiger charge is 2.59. The van der Waals surface area contributed by atoms with E-state index in [2.05, 4.69) is 10.6 Å². The number of nitrogens with one attached hydrogen (secondary N) is 2. The molecule has 2 amide bonds. The summed E-state index contributed by atoms with van der Waals surface area (Å²) in [5.74, 6) is -1.41. The van der Waals surface area contributed by atoms with E-state index in [0.29, 0.717) is 32.1 Å². The van der Waals surface area contributed by atoms with Crippen molar-refractivity contribution in [3.05, 3.63) is 71.8 Å². The van der Waals surface area contributed by atoms with Gasteiger partial charge in [-0.25, -0.2) is 4.79 Å². The average Bonchev–Trinajstić information content (AvgIpc) is 3.32. The molecule has 6 heteroatoms. The van der Waals surface area contributed by atoms with Crippen LogP contribution in [0.15, 0.2) is 60.7 Å². The van der Waals surface area contributed by atoms with Gasteiger partial charge in [-0.15, -0.1) is 0 Å². The Bertz CT molecular complexity index is 970. The Kier molecular flexibility index (Phi) is 8.48. The number of carboxylic acid groups (broad SMARTS) is 1. The van der Waals surface area contributed by atoms with Gasteiger partial charge in [0.05, 0.1) is 6.04 Å². The fourth-order valence-electron chi connectivity index (χ4n) is 5.57. The van der Waals surface area contributed by atoms with E-state index in [1.165, 1.54) is 0 Å². The lowest BCUT2D eigenvalue weighted by atomic mass is 9.60. The van der Waals surface area contributed by atoms with Gasteiger partial charge in [0.25, 0.3) is 5.91 Å². The predicted molar refractivity (Wildman–Crippen MR) is 132 cm³/mol. The van der Waals surface area contributed by atoms with E-state index in [1.807, 2.05) is 74.5 Å². The van der Waals surface area contributed by atoms with E-state index in [9.17, 15) is 19.5 Å². The number of carbonyl (C=O) groups excluding carboxylic acids is 2. The molecule has 0 aliphatic heterocycles. The first-order chi connectivity index (χ1) is 16.3. The SMILES string of the molecule is CCCCC(NC(=O)O)(C(=O)C(=O)N[C@H](C)c1ccccc1)C1(Cc2ccccc2)CCCC1. The fraction of sp³-hybridized carbons (Fsp3) is 0.464. The van der Waals surface area contributed by atoms with Gasteiger partial charge in [-0.1, -0.05) is 93.3 Å². The summed E-state index contributed by atoms with van der Waals surface area (Å²) in [4.78, 5) is 39.5. The molecule has 34 heavy (non-hydrogen) atoms. The second-order valence-electron chi connectivity index (χ2n) is 9.52. The maximum Gasteiger partial charge on any atom is 0.405 e. The third-order valence-electron chi connectivity index (χ3n) is 7.32. The lowest BCUT2D eigenvalue weighted by Crippen LogP contribution is -2.67. The minimum Gasteiger partial charge on any atom is -0.465 e. The Hall–Kier alpha value is -3.15. The molecule has 0 aromatic heterocycles. The van der Waals surface area contributed by atoms with E-state index in [4.69, 9.17) is 0 Å². The van der Waals surface area contributed by atoms with Crippen LogP contribution >= 0.6 is 0 Å². The van der Waals surface area contributed by atoms with Gasteiger partial charge in [0.2, 0.25) is 5.78 Å². The van der Waals surface area contributed by atoms with Crippen molar-refractivity contribution in [1.29, 1.82) is 0 Å². The van der Waals surface area contributed by atoms with Crippen molar-refractivity contribution in [3.8, 4) is 0 Å². The maximum atomic E-state index is 14.0. The number of carbonyl (C=O) groups is 3. The topological polar surface area (TPSA) is 95.5 Å². The molecule has 1 saturated carbocycles. The van der Waals surface area contributed by atoms with Crippen molar-refractivity contribution >= 4 is 17.8 Å². The largest absolute Gasteiger partial charge is 0.465 e.